The quantitative estimate of drug-likeness (QED) is 0.612. The van der Waals surface area contributed by atoms with Crippen molar-refractivity contribution in [2.24, 2.45) is 0 Å². The second-order valence-corrected chi connectivity index (χ2v) is 6.54. The normalized spacial score (nSPS) is 12.0. The summed E-state index contributed by atoms with van der Waals surface area (Å²) < 4.78 is 12.6. The maximum Gasteiger partial charge on any atom is 0.162 e. The van der Waals surface area contributed by atoms with Crippen LogP contribution >= 0.6 is 15.9 Å². The Morgan fingerprint density at radius 3 is 2.42 bits per heavy atom. The Balaban J connectivity index is 2.10. The molecule has 0 aromatic heterocycles. The molecule has 0 saturated heterocycles. The summed E-state index contributed by atoms with van der Waals surface area (Å²) in [6.07, 6.45) is 0.973. The fourth-order valence-corrected chi connectivity index (χ4v) is 2.89. The van der Waals surface area contributed by atoms with E-state index in [1.54, 1.807) is 0 Å². The second kappa shape index (κ2) is 9.70. The molecule has 0 aliphatic heterocycles. The van der Waals surface area contributed by atoms with Crippen LogP contribution < -0.4 is 14.8 Å². The average Bonchev–Trinajstić information content (AvgIpc) is 2.61. The van der Waals surface area contributed by atoms with E-state index in [1.807, 2.05) is 19.1 Å². The summed E-state index contributed by atoms with van der Waals surface area (Å²) in [6, 6.07) is 14.8. The first-order valence-electron chi connectivity index (χ1n) is 8.52. The molecule has 0 radical (unpaired) electrons. The molecule has 2 rings (SSSR count). The van der Waals surface area contributed by atoms with Gasteiger partial charge < -0.3 is 14.8 Å². The van der Waals surface area contributed by atoms with Gasteiger partial charge >= 0.3 is 0 Å². The molecule has 0 amide bonds. The molecule has 2 aromatic rings. The number of ether oxygens (including phenoxy) is 2. The Labute approximate surface area is 153 Å². The maximum absolute atomic E-state index is 5.79. The van der Waals surface area contributed by atoms with Crippen molar-refractivity contribution in [2.75, 3.05) is 13.2 Å². The van der Waals surface area contributed by atoms with E-state index in [-0.39, 0.29) is 6.04 Å². The SMILES string of the molecule is CCCOc1cc(Br)c(CN[C@H](C)c2ccccc2)cc1OCC. The highest BCUT2D eigenvalue weighted by Gasteiger charge is 2.12. The van der Waals surface area contributed by atoms with E-state index in [4.69, 9.17) is 9.47 Å². The third-order valence-electron chi connectivity index (χ3n) is 3.77. The van der Waals surface area contributed by atoms with Crippen LogP contribution in [0.1, 0.15) is 44.4 Å². The molecule has 0 bridgehead atoms. The van der Waals surface area contributed by atoms with Crippen LogP contribution in [-0.4, -0.2) is 13.2 Å². The minimum Gasteiger partial charge on any atom is -0.490 e. The molecule has 24 heavy (non-hydrogen) atoms. The molecule has 4 heteroatoms. The second-order valence-electron chi connectivity index (χ2n) is 5.69. The number of nitrogens with one attached hydrogen (secondary N) is 1. The van der Waals surface area contributed by atoms with Crippen LogP contribution in [0.2, 0.25) is 0 Å². The first-order valence-corrected chi connectivity index (χ1v) is 9.31. The van der Waals surface area contributed by atoms with Crippen molar-refractivity contribution in [3.63, 3.8) is 0 Å². The standard InChI is InChI=1S/C20H26BrNO2/c1-4-11-24-20-13-18(21)17(12-19(20)23-5-2)14-22-15(3)16-9-7-6-8-10-16/h6-10,12-13,15,22H,4-5,11,14H2,1-3H3/t15-/m1/s1. The molecule has 0 fully saturated rings. The minimum atomic E-state index is 0.282. The lowest BCUT2D eigenvalue weighted by Gasteiger charge is -2.17. The highest BCUT2D eigenvalue weighted by Crippen LogP contribution is 2.34. The van der Waals surface area contributed by atoms with Gasteiger partial charge in [0.2, 0.25) is 0 Å². The van der Waals surface area contributed by atoms with E-state index < -0.39 is 0 Å². The Morgan fingerprint density at radius 2 is 1.75 bits per heavy atom. The zero-order valence-corrected chi connectivity index (χ0v) is 16.2. The van der Waals surface area contributed by atoms with Gasteiger partial charge in [-0.3, -0.25) is 0 Å². The third kappa shape index (κ3) is 5.25. The monoisotopic (exact) mass is 391 g/mol. The molecule has 0 aliphatic carbocycles. The summed E-state index contributed by atoms with van der Waals surface area (Å²) in [4.78, 5) is 0. The summed E-state index contributed by atoms with van der Waals surface area (Å²) in [5.74, 6) is 1.60. The first kappa shape index (κ1) is 18.8. The summed E-state index contributed by atoms with van der Waals surface area (Å²) in [6.45, 7) is 8.32. The van der Waals surface area contributed by atoms with Crippen LogP contribution in [0.25, 0.3) is 0 Å². The molecule has 2 aromatic carbocycles. The first-order chi connectivity index (χ1) is 11.7. The third-order valence-corrected chi connectivity index (χ3v) is 4.51. The van der Waals surface area contributed by atoms with Gasteiger partial charge in [-0.15, -0.1) is 0 Å². The highest BCUT2D eigenvalue weighted by atomic mass is 79.9. The molecule has 0 unspecified atom stereocenters. The number of hydrogen-bond donors (Lipinski definition) is 1. The van der Waals surface area contributed by atoms with E-state index in [0.717, 1.165) is 34.5 Å². The maximum atomic E-state index is 5.79. The lowest BCUT2D eigenvalue weighted by Crippen LogP contribution is -2.18. The molecule has 0 spiro atoms. The zero-order valence-electron chi connectivity index (χ0n) is 14.6. The topological polar surface area (TPSA) is 30.5 Å². The Morgan fingerprint density at radius 1 is 1.04 bits per heavy atom. The summed E-state index contributed by atoms with van der Waals surface area (Å²) in [7, 11) is 0. The lowest BCUT2D eigenvalue weighted by atomic mass is 10.1. The molecule has 0 heterocycles. The summed E-state index contributed by atoms with van der Waals surface area (Å²) in [5.41, 5.74) is 2.44. The zero-order chi connectivity index (χ0) is 17.4. The molecule has 1 atom stereocenters. The smallest absolute Gasteiger partial charge is 0.162 e. The van der Waals surface area contributed by atoms with Crippen LogP contribution in [0.3, 0.4) is 0 Å². The van der Waals surface area contributed by atoms with Gasteiger partial charge in [-0.1, -0.05) is 53.2 Å². The average molecular weight is 392 g/mol. The molecular weight excluding hydrogens is 366 g/mol. The van der Waals surface area contributed by atoms with Crippen LogP contribution in [0.4, 0.5) is 0 Å². The van der Waals surface area contributed by atoms with Gasteiger partial charge in [0.15, 0.2) is 11.5 Å². The molecule has 0 aliphatic rings. The van der Waals surface area contributed by atoms with Crippen molar-refractivity contribution in [2.45, 2.75) is 39.8 Å². The van der Waals surface area contributed by atoms with Crippen LogP contribution in [0.5, 0.6) is 11.5 Å². The van der Waals surface area contributed by atoms with Gasteiger partial charge in [-0.05, 0) is 43.5 Å². The van der Waals surface area contributed by atoms with Gasteiger partial charge in [0.1, 0.15) is 0 Å². The number of rotatable bonds is 9. The van der Waals surface area contributed by atoms with Gasteiger partial charge in [-0.25, -0.2) is 0 Å². The van der Waals surface area contributed by atoms with E-state index in [9.17, 15) is 0 Å². The van der Waals surface area contributed by atoms with Gasteiger partial charge in [0.05, 0.1) is 13.2 Å². The van der Waals surface area contributed by atoms with Gasteiger partial charge in [0.25, 0.3) is 0 Å². The van der Waals surface area contributed by atoms with Crippen LogP contribution in [0, 0.1) is 0 Å². The Bertz CT molecular complexity index is 631. The fraction of sp³-hybridized carbons (Fsp3) is 0.400. The predicted octanol–water partition coefficient (Wildman–Crippen LogP) is 5.49. The highest BCUT2D eigenvalue weighted by molar-refractivity contribution is 9.10. The van der Waals surface area contributed by atoms with E-state index in [1.165, 1.54) is 5.56 Å². The molecule has 1 N–H and O–H groups in total. The van der Waals surface area contributed by atoms with Crippen LogP contribution in [0.15, 0.2) is 46.9 Å². The van der Waals surface area contributed by atoms with Crippen molar-refractivity contribution in [3.8, 4) is 11.5 Å². The predicted molar refractivity (Wildman–Crippen MR) is 103 cm³/mol. The summed E-state index contributed by atoms with van der Waals surface area (Å²) in [5, 5.41) is 3.56. The van der Waals surface area contributed by atoms with Gasteiger partial charge in [-0.2, -0.15) is 0 Å². The van der Waals surface area contributed by atoms with Crippen molar-refractivity contribution in [3.05, 3.63) is 58.1 Å². The molecule has 130 valence electrons. The molecule has 0 saturated carbocycles. The summed E-state index contributed by atoms with van der Waals surface area (Å²) >= 11 is 3.66. The van der Waals surface area contributed by atoms with E-state index >= 15 is 0 Å². The number of benzene rings is 2. The molecular formula is C20H26BrNO2. The van der Waals surface area contributed by atoms with Crippen LogP contribution in [-0.2, 0) is 6.54 Å². The lowest BCUT2D eigenvalue weighted by molar-refractivity contribution is 0.276. The molecule has 3 nitrogen and oxygen atoms in total. The Hall–Kier alpha value is -1.52. The van der Waals surface area contributed by atoms with Gasteiger partial charge in [0, 0.05) is 17.1 Å². The number of hydrogen-bond acceptors (Lipinski definition) is 3. The van der Waals surface area contributed by atoms with Crippen molar-refractivity contribution in [1.82, 2.24) is 5.32 Å². The minimum absolute atomic E-state index is 0.282. The Kier molecular flexibility index (Phi) is 7.60. The van der Waals surface area contributed by atoms with E-state index in [2.05, 4.69) is 65.4 Å². The number of halogens is 1. The fourth-order valence-electron chi connectivity index (χ4n) is 2.43. The van der Waals surface area contributed by atoms with Crippen molar-refractivity contribution >= 4 is 15.9 Å². The van der Waals surface area contributed by atoms with Crippen molar-refractivity contribution in [1.29, 1.82) is 0 Å². The van der Waals surface area contributed by atoms with E-state index in [0.29, 0.717) is 13.2 Å². The largest absolute Gasteiger partial charge is 0.490 e. The van der Waals surface area contributed by atoms with Crippen molar-refractivity contribution < 1.29 is 9.47 Å².